The Hall–Kier alpha value is -3.68. The Morgan fingerprint density at radius 1 is 1.04 bits per heavy atom. The summed E-state index contributed by atoms with van der Waals surface area (Å²) in [5.41, 5.74) is 0.877. The van der Waals surface area contributed by atoms with Crippen molar-refractivity contribution in [3.8, 4) is 11.5 Å². The average Bonchev–Trinajstić information content (AvgIpc) is 2.70. The maximum absolute atomic E-state index is 13.7. The zero-order valence-electron chi connectivity index (χ0n) is 14.1. The van der Waals surface area contributed by atoms with Crippen molar-refractivity contribution in [3.63, 3.8) is 0 Å². The van der Waals surface area contributed by atoms with Crippen LogP contribution in [0.2, 0.25) is 0 Å². The van der Waals surface area contributed by atoms with Gasteiger partial charge in [-0.1, -0.05) is 12.1 Å². The predicted octanol–water partition coefficient (Wildman–Crippen LogP) is 3.38. The van der Waals surface area contributed by atoms with Crippen molar-refractivity contribution in [1.29, 1.82) is 0 Å². The maximum atomic E-state index is 13.7. The van der Waals surface area contributed by atoms with Gasteiger partial charge >= 0.3 is 0 Å². The number of benzene rings is 2. The van der Waals surface area contributed by atoms with E-state index in [0.717, 1.165) is 0 Å². The van der Waals surface area contributed by atoms with Gasteiger partial charge in [-0.15, -0.1) is 0 Å². The fraction of sp³-hybridized carbons (Fsp3) is 0.105. The van der Waals surface area contributed by atoms with Gasteiger partial charge in [0.2, 0.25) is 5.95 Å². The van der Waals surface area contributed by atoms with Gasteiger partial charge in [-0.25, -0.2) is 14.4 Å². The van der Waals surface area contributed by atoms with Crippen LogP contribution in [-0.2, 0) is 0 Å². The molecule has 136 valence electrons. The number of nitrogens with one attached hydrogen (secondary N) is 2. The van der Waals surface area contributed by atoms with E-state index in [1.165, 1.54) is 24.4 Å². The first-order valence-electron chi connectivity index (χ1n) is 8.25. The molecule has 8 heteroatoms. The van der Waals surface area contributed by atoms with Gasteiger partial charge in [0.05, 0.1) is 5.69 Å². The monoisotopic (exact) mass is 366 g/mol. The van der Waals surface area contributed by atoms with Gasteiger partial charge in [-0.3, -0.25) is 4.79 Å². The molecule has 0 saturated heterocycles. The molecule has 1 amide bonds. The molecule has 3 aromatic rings. The van der Waals surface area contributed by atoms with Crippen LogP contribution in [0.25, 0.3) is 0 Å². The minimum absolute atomic E-state index is 0.0856. The van der Waals surface area contributed by atoms with Crippen molar-refractivity contribution >= 4 is 23.2 Å². The normalized spacial score (nSPS) is 12.3. The van der Waals surface area contributed by atoms with E-state index in [0.29, 0.717) is 30.4 Å². The molecule has 0 saturated carbocycles. The van der Waals surface area contributed by atoms with Crippen LogP contribution in [0.1, 0.15) is 10.5 Å². The van der Waals surface area contributed by atoms with Crippen molar-refractivity contribution in [2.45, 2.75) is 0 Å². The van der Waals surface area contributed by atoms with Gasteiger partial charge in [0.15, 0.2) is 11.5 Å². The molecule has 0 unspecified atom stereocenters. The first-order valence-corrected chi connectivity index (χ1v) is 8.25. The van der Waals surface area contributed by atoms with E-state index in [1.807, 2.05) is 0 Å². The number of para-hydroxylation sites is 1. The van der Waals surface area contributed by atoms with Crippen LogP contribution in [0.5, 0.6) is 11.5 Å². The number of carbonyl (C=O) groups excluding carboxylic acids is 1. The van der Waals surface area contributed by atoms with Crippen LogP contribution < -0.4 is 20.1 Å². The molecule has 1 aliphatic heterocycles. The summed E-state index contributed by atoms with van der Waals surface area (Å²) in [7, 11) is 0. The van der Waals surface area contributed by atoms with E-state index in [4.69, 9.17) is 9.47 Å². The number of nitrogens with zero attached hydrogens (tertiary/aromatic N) is 2. The minimum atomic E-state index is -0.535. The molecule has 2 heterocycles. The van der Waals surface area contributed by atoms with Crippen molar-refractivity contribution in [2.24, 2.45) is 0 Å². The average molecular weight is 366 g/mol. The lowest BCUT2D eigenvalue weighted by atomic mass is 10.2. The Kier molecular flexibility index (Phi) is 4.52. The number of aromatic nitrogens is 2. The van der Waals surface area contributed by atoms with Crippen molar-refractivity contribution in [2.75, 3.05) is 23.8 Å². The van der Waals surface area contributed by atoms with Gasteiger partial charge in [-0.05, 0) is 30.3 Å². The third kappa shape index (κ3) is 3.79. The highest BCUT2D eigenvalue weighted by atomic mass is 19.1. The molecule has 1 aliphatic rings. The highest BCUT2D eigenvalue weighted by molar-refractivity contribution is 6.03. The lowest BCUT2D eigenvalue weighted by Crippen LogP contribution is -2.16. The van der Waals surface area contributed by atoms with Crippen molar-refractivity contribution in [3.05, 3.63) is 66.2 Å². The summed E-state index contributed by atoms with van der Waals surface area (Å²) in [6, 6.07) is 12.7. The fourth-order valence-electron chi connectivity index (χ4n) is 2.54. The molecule has 7 nitrogen and oxygen atoms in total. The molecular weight excluding hydrogens is 351 g/mol. The van der Waals surface area contributed by atoms with Crippen molar-refractivity contribution < 1.29 is 18.7 Å². The van der Waals surface area contributed by atoms with Gasteiger partial charge < -0.3 is 20.1 Å². The molecule has 0 aliphatic carbocycles. The van der Waals surface area contributed by atoms with E-state index in [1.54, 1.807) is 30.3 Å². The molecule has 2 N–H and O–H groups in total. The molecule has 0 bridgehead atoms. The summed E-state index contributed by atoms with van der Waals surface area (Å²) in [6.45, 7) is 1.00. The van der Waals surface area contributed by atoms with Gasteiger partial charge in [0, 0.05) is 18.0 Å². The minimum Gasteiger partial charge on any atom is -0.486 e. The van der Waals surface area contributed by atoms with Crippen LogP contribution in [-0.4, -0.2) is 29.1 Å². The van der Waals surface area contributed by atoms with Crippen LogP contribution >= 0.6 is 0 Å². The number of hydrogen-bond acceptors (Lipinski definition) is 6. The third-order valence-corrected chi connectivity index (χ3v) is 3.81. The van der Waals surface area contributed by atoms with E-state index >= 15 is 0 Å². The standard InChI is InChI=1S/C19H15FN4O3/c20-13-3-1-2-4-14(13)23-18(25)15-7-8-21-19(24-15)22-12-5-6-16-17(11-12)27-10-9-26-16/h1-8,11H,9-10H2,(H,23,25)(H,21,22,24). The Balaban J connectivity index is 1.51. The predicted molar refractivity (Wildman–Crippen MR) is 97.1 cm³/mol. The third-order valence-electron chi connectivity index (χ3n) is 3.81. The number of amides is 1. The molecule has 2 aromatic carbocycles. The van der Waals surface area contributed by atoms with Crippen LogP contribution in [0.4, 0.5) is 21.7 Å². The zero-order valence-corrected chi connectivity index (χ0v) is 14.1. The Bertz CT molecular complexity index is 996. The number of rotatable bonds is 4. The molecule has 4 rings (SSSR count). The quantitative estimate of drug-likeness (QED) is 0.736. The second-order valence-electron chi connectivity index (χ2n) is 5.68. The van der Waals surface area contributed by atoms with E-state index < -0.39 is 11.7 Å². The Morgan fingerprint density at radius 3 is 2.70 bits per heavy atom. The lowest BCUT2D eigenvalue weighted by Gasteiger charge is -2.19. The summed E-state index contributed by atoms with van der Waals surface area (Å²) >= 11 is 0. The van der Waals surface area contributed by atoms with Crippen LogP contribution in [0, 0.1) is 5.82 Å². The zero-order chi connectivity index (χ0) is 18.6. The smallest absolute Gasteiger partial charge is 0.274 e. The summed E-state index contributed by atoms with van der Waals surface area (Å²) in [4.78, 5) is 20.6. The second-order valence-corrected chi connectivity index (χ2v) is 5.68. The van der Waals surface area contributed by atoms with Gasteiger partial charge in [-0.2, -0.15) is 0 Å². The lowest BCUT2D eigenvalue weighted by molar-refractivity contribution is 0.102. The van der Waals surface area contributed by atoms with E-state index in [9.17, 15) is 9.18 Å². The Morgan fingerprint density at radius 2 is 1.85 bits per heavy atom. The summed E-state index contributed by atoms with van der Waals surface area (Å²) in [6.07, 6.45) is 1.45. The maximum Gasteiger partial charge on any atom is 0.274 e. The Labute approximate surface area is 154 Å². The summed E-state index contributed by atoms with van der Waals surface area (Å²) < 4.78 is 24.7. The molecule has 0 fully saturated rings. The number of halogens is 1. The van der Waals surface area contributed by atoms with Crippen molar-refractivity contribution in [1.82, 2.24) is 9.97 Å². The van der Waals surface area contributed by atoms with Crippen LogP contribution in [0.3, 0.4) is 0 Å². The number of ether oxygens (including phenoxy) is 2. The SMILES string of the molecule is O=C(Nc1ccccc1F)c1ccnc(Nc2ccc3c(c2)OCCO3)n1. The molecule has 27 heavy (non-hydrogen) atoms. The fourth-order valence-corrected chi connectivity index (χ4v) is 2.54. The molecule has 0 spiro atoms. The molecular formula is C19H15FN4O3. The largest absolute Gasteiger partial charge is 0.486 e. The number of anilines is 3. The highest BCUT2D eigenvalue weighted by Gasteiger charge is 2.14. The van der Waals surface area contributed by atoms with E-state index in [-0.39, 0.29) is 17.3 Å². The highest BCUT2D eigenvalue weighted by Crippen LogP contribution is 2.33. The summed E-state index contributed by atoms with van der Waals surface area (Å²) in [5, 5.41) is 5.50. The number of fused-ring (bicyclic) bond motifs is 1. The van der Waals surface area contributed by atoms with E-state index in [2.05, 4.69) is 20.6 Å². The molecule has 0 radical (unpaired) electrons. The first kappa shape index (κ1) is 16.8. The summed E-state index contributed by atoms with van der Waals surface area (Å²) in [5.74, 6) is 0.473. The second kappa shape index (κ2) is 7.28. The molecule has 1 aromatic heterocycles. The first-order chi connectivity index (χ1) is 13.2. The van der Waals surface area contributed by atoms with Gasteiger partial charge in [0.25, 0.3) is 5.91 Å². The van der Waals surface area contributed by atoms with Crippen LogP contribution in [0.15, 0.2) is 54.7 Å². The molecule has 0 atom stereocenters. The number of hydrogen-bond donors (Lipinski definition) is 2. The topological polar surface area (TPSA) is 85.4 Å². The van der Waals surface area contributed by atoms with Gasteiger partial charge in [0.1, 0.15) is 24.7 Å². The number of carbonyl (C=O) groups is 1.